The number of hydrogen-bond acceptors (Lipinski definition) is 2. The van der Waals surface area contributed by atoms with E-state index in [1.165, 1.54) is 0 Å². The summed E-state index contributed by atoms with van der Waals surface area (Å²) in [5, 5.41) is 0.745. The Hall–Kier alpha value is -0.390. The first-order chi connectivity index (χ1) is 8.54. The van der Waals surface area contributed by atoms with Crippen LogP contribution in [0.25, 0.3) is 0 Å². The van der Waals surface area contributed by atoms with Gasteiger partial charge in [0.25, 0.3) is 0 Å². The lowest BCUT2D eigenvalue weighted by Gasteiger charge is -2.29. The largest absolute Gasteiger partial charge is 0.243 e. The lowest BCUT2D eigenvalue weighted by molar-refractivity contribution is 0.288. The van der Waals surface area contributed by atoms with Crippen molar-refractivity contribution in [1.29, 1.82) is 0 Å². The number of sulfonamides is 1. The molecule has 0 amide bonds. The molecular weight excluding hydrogens is 314 g/mol. The van der Waals surface area contributed by atoms with E-state index in [-0.39, 0.29) is 0 Å². The van der Waals surface area contributed by atoms with Crippen LogP contribution in [-0.4, -0.2) is 25.8 Å². The molecule has 2 rings (SSSR count). The number of alkyl halides is 1. The van der Waals surface area contributed by atoms with Gasteiger partial charge in [-0.05, 0) is 36.5 Å². The Balaban J connectivity index is 2.19. The van der Waals surface area contributed by atoms with Gasteiger partial charge in [-0.25, -0.2) is 8.42 Å². The van der Waals surface area contributed by atoms with Gasteiger partial charge in [0.2, 0.25) is 10.0 Å². The second-order valence-corrected chi connectivity index (χ2v) is 7.36. The van der Waals surface area contributed by atoms with Crippen LogP contribution in [0.3, 0.4) is 0 Å². The van der Waals surface area contributed by atoms with Crippen LogP contribution in [0.4, 0.5) is 0 Å². The number of rotatable bonds is 3. The van der Waals surface area contributed by atoms with Crippen molar-refractivity contribution >= 4 is 26.0 Å². The predicted octanol–water partition coefficient (Wildman–Crippen LogP) is 3.00. The first kappa shape index (κ1) is 14.0. The molecule has 1 saturated heterocycles. The van der Waals surface area contributed by atoms with E-state index in [2.05, 4.69) is 22.9 Å². The molecule has 0 unspecified atom stereocenters. The second kappa shape index (κ2) is 5.72. The molecule has 1 aliphatic heterocycles. The first-order valence-corrected chi connectivity index (χ1v) is 8.75. The molecule has 0 N–H and O–H groups in total. The van der Waals surface area contributed by atoms with E-state index in [4.69, 9.17) is 0 Å². The molecule has 1 fully saturated rings. The summed E-state index contributed by atoms with van der Waals surface area (Å²) in [6.07, 6.45) is 1.91. The van der Waals surface area contributed by atoms with Gasteiger partial charge in [0, 0.05) is 18.4 Å². The second-order valence-electron chi connectivity index (χ2n) is 4.86. The lowest BCUT2D eigenvalue weighted by atomic mass is 10.0. The molecule has 1 aromatic carbocycles. The Morgan fingerprint density at radius 2 is 1.78 bits per heavy atom. The van der Waals surface area contributed by atoms with Gasteiger partial charge in [-0.1, -0.05) is 35.0 Å². The van der Waals surface area contributed by atoms with Crippen LogP contribution in [0, 0.1) is 5.92 Å². The van der Waals surface area contributed by atoms with E-state index in [1.807, 2.05) is 12.1 Å². The van der Waals surface area contributed by atoms with Crippen molar-refractivity contribution in [3.8, 4) is 0 Å². The third-order valence-electron chi connectivity index (χ3n) is 3.46. The minimum absolute atomic E-state index is 0.404. The molecule has 1 aliphatic rings. The minimum atomic E-state index is -3.29. The first-order valence-electron chi connectivity index (χ1n) is 6.19. The fourth-order valence-electron chi connectivity index (χ4n) is 2.12. The van der Waals surface area contributed by atoms with Gasteiger partial charge >= 0.3 is 0 Å². The minimum Gasteiger partial charge on any atom is -0.207 e. The van der Waals surface area contributed by atoms with Crippen molar-refractivity contribution in [2.75, 3.05) is 13.1 Å². The summed E-state index contributed by atoms with van der Waals surface area (Å²) in [6, 6.07) is 7.11. The van der Waals surface area contributed by atoms with E-state index in [1.54, 1.807) is 16.4 Å². The van der Waals surface area contributed by atoms with Gasteiger partial charge < -0.3 is 0 Å². The zero-order valence-electron chi connectivity index (χ0n) is 10.5. The molecule has 0 aliphatic carbocycles. The zero-order chi connectivity index (χ0) is 13.2. The van der Waals surface area contributed by atoms with Crippen LogP contribution in [0.5, 0.6) is 0 Å². The number of hydrogen-bond donors (Lipinski definition) is 0. The van der Waals surface area contributed by atoms with Gasteiger partial charge in [0.05, 0.1) is 4.90 Å². The average Bonchev–Trinajstić information content (AvgIpc) is 2.39. The van der Waals surface area contributed by atoms with Gasteiger partial charge in [-0.3, -0.25) is 0 Å². The van der Waals surface area contributed by atoms with Gasteiger partial charge in [0.15, 0.2) is 0 Å². The molecule has 0 radical (unpaired) electrons. The Kier molecular flexibility index (Phi) is 4.45. The maximum absolute atomic E-state index is 12.4. The average molecular weight is 332 g/mol. The number of halogens is 1. The van der Waals surface area contributed by atoms with E-state index in [0.717, 1.165) is 23.7 Å². The van der Waals surface area contributed by atoms with Gasteiger partial charge in [-0.15, -0.1) is 0 Å². The number of benzene rings is 1. The van der Waals surface area contributed by atoms with Crippen molar-refractivity contribution in [3.63, 3.8) is 0 Å². The monoisotopic (exact) mass is 331 g/mol. The summed E-state index contributed by atoms with van der Waals surface area (Å²) >= 11 is 3.36. The smallest absolute Gasteiger partial charge is 0.207 e. The molecule has 3 nitrogen and oxygen atoms in total. The molecule has 18 heavy (non-hydrogen) atoms. The highest BCUT2D eigenvalue weighted by atomic mass is 79.9. The van der Waals surface area contributed by atoms with Crippen molar-refractivity contribution in [2.45, 2.75) is 30.0 Å². The van der Waals surface area contributed by atoms with E-state index < -0.39 is 10.0 Å². The maximum atomic E-state index is 12.4. The summed E-state index contributed by atoms with van der Waals surface area (Å²) in [7, 11) is -3.29. The highest BCUT2D eigenvalue weighted by molar-refractivity contribution is 9.08. The van der Waals surface area contributed by atoms with Crippen LogP contribution in [0.2, 0.25) is 0 Å². The Morgan fingerprint density at radius 3 is 2.28 bits per heavy atom. The normalized spacial score (nSPS) is 19.0. The molecule has 0 atom stereocenters. The van der Waals surface area contributed by atoms with Gasteiger partial charge in [-0.2, -0.15) is 4.31 Å². The molecule has 0 saturated carbocycles. The zero-order valence-corrected chi connectivity index (χ0v) is 12.9. The van der Waals surface area contributed by atoms with Crippen LogP contribution in [0.1, 0.15) is 25.3 Å². The molecule has 0 spiro atoms. The lowest BCUT2D eigenvalue weighted by Crippen LogP contribution is -2.37. The molecule has 0 bridgehead atoms. The van der Waals surface area contributed by atoms with Gasteiger partial charge in [0.1, 0.15) is 0 Å². The highest BCUT2D eigenvalue weighted by Gasteiger charge is 2.27. The van der Waals surface area contributed by atoms with Crippen molar-refractivity contribution in [3.05, 3.63) is 29.8 Å². The fraction of sp³-hybridized carbons (Fsp3) is 0.538. The summed E-state index contributed by atoms with van der Waals surface area (Å²) in [5.74, 6) is 0.632. The number of piperidine rings is 1. The quantitative estimate of drug-likeness (QED) is 0.798. The van der Waals surface area contributed by atoms with E-state index in [0.29, 0.717) is 23.9 Å². The molecule has 1 aromatic rings. The molecule has 100 valence electrons. The standard InChI is InChI=1S/C13H18BrNO2S/c1-11-6-8-15(9-7-11)18(16,17)13-4-2-12(10-14)3-5-13/h2-5,11H,6-10H2,1H3. The molecule has 1 heterocycles. The third-order valence-corrected chi connectivity index (χ3v) is 6.02. The molecule has 5 heteroatoms. The fourth-order valence-corrected chi connectivity index (χ4v) is 3.97. The van der Waals surface area contributed by atoms with Crippen LogP contribution >= 0.6 is 15.9 Å². The SMILES string of the molecule is CC1CCN(S(=O)(=O)c2ccc(CBr)cc2)CC1. The van der Waals surface area contributed by atoms with Crippen molar-refractivity contribution < 1.29 is 8.42 Å². The Morgan fingerprint density at radius 1 is 1.22 bits per heavy atom. The summed E-state index contributed by atoms with van der Waals surface area (Å²) < 4.78 is 26.4. The number of nitrogens with zero attached hydrogens (tertiary/aromatic N) is 1. The maximum Gasteiger partial charge on any atom is 0.243 e. The molecular formula is C13H18BrNO2S. The van der Waals surface area contributed by atoms with Crippen molar-refractivity contribution in [1.82, 2.24) is 4.31 Å². The van der Waals surface area contributed by atoms with Crippen LogP contribution in [-0.2, 0) is 15.4 Å². The van der Waals surface area contributed by atoms with Crippen LogP contribution < -0.4 is 0 Å². The third kappa shape index (κ3) is 2.95. The van der Waals surface area contributed by atoms with Crippen molar-refractivity contribution in [2.24, 2.45) is 5.92 Å². The highest BCUT2D eigenvalue weighted by Crippen LogP contribution is 2.23. The summed E-state index contributed by atoms with van der Waals surface area (Å²) in [5.41, 5.74) is 1.08. The summed E-state index contributed by atoms with van der Waals surface area (Å²) in [4.78, 5) is 0.404. The summed E-state index contributed by atoms with van der Waals surface area (Å²) in [6.45, 7) is 3.46. The topological polar surface area (TPSA) is 37.4 Å². The Labute approximate surface area is 117 Å². The predicted molar refractivity (Wildman–Crippen MR) is 76.2 cm³/mol. The van der Waals surface area contributed by atoms with E-state index >= 15 is 0 Å². The van der Waals surface area contributed by atoms with E-state index in [9.17, 15) is 8.42 Å². The molecule has 0 aromatic heterocycles. The Bertz CT molecular complexity index is 490. The van der Waals surface area contributed by atoms with Crippen LogP contribution in [0.15, 0.2) is 29.2 Å².